The van der Waals surface area contributed by atoms with Gasteiger partial charge < -0.3 is 0 Å². The first-order chi connectivity index (χ1) is 7.24. The minimum atomic E-state index is 0.200. The van der Waals surface area contributed by atoms with Gasteiger partial charge in [0.1, 0.15) is 0 Å². The van der Waals surface area contributed by atoms with Crippen LogP contribution in [0.2, 0.25) is 0 Å². The molecule has 1 aromatic rings. The van der Waals surface area contributed by atoms with Crippen molar-refractivity contribution in [2.24, 2.45) is 0 Å². The first-order valence-electron chi connectivity index (χ1n) is 5.20. The van der Waals surface area contributed by atoms with Crippen molar-refractivity contribution < 1.29 is 0 Å². The van der Waals surface area contributed by atoms with E-state index in [1.54, 1.807) is 0 Å². The van der Waals surface area contributed by atoms with Gasteiger partial charge in [0.05, 0.1) is 11.6 Å². The van der Waals surface area contributed by atoms with Gasteiger partial charge in [-0.15, -0.1) is 6.58 Å². The quantitative estimate of drug-likeness (QED) is 0.678. The lowest BCUT2D eigenvalue weighted by atomic mass is 9.89. The van der Waals surface area contributed by atoms with Crippen LogP contribution >= 0.6 is 0 Å². The van der Waals surface area contributed by atoms with E-state index < -0.39 is 0 Å². The summed E-state index contributed by atoms with van der Waals surface area (Å²) < 4.78 is 0. The largest absolute Gasteiger partial charge is 0.192 e. The van der Waals surface area contributed by atoms with Crippen LogP contribution in [-0.4, -0.2) is 0 Å². The molecule has 1 rings (SSSR count). The molecule has 0 bridgehead atoms. The Kier molecular flexibility index (Phi) is 4.12. The predicted molar refractivity (Wildman–Crippen MR) is 63.4 cm³/mol. The van der Waals surface area contributed by atoms with E-state index >= 15 is 0 Å². The van der Waals surface area contributed by atoms with Crippen molar-refractivity contribution >= 4 is 0 Å². The smallest absolute Gasteiger partial charge is 0.0994 e. The normalized spacial score (nSPS) is 11.8. The summed E-state index contributed by atoms with van der Waals surface area (Å²) in [6.45, 7) is 9.89. The second-order valence-electron chi connectivity index (χ2n) is 3.56. The van der Waals surface area contributed by atoms with Gasteiger partial charge in [-0.25, -0.2) is 0 Å². The first-order valence-corrected chi connectivity index (χ1v) is 5.20. The van der Waals surface area contributed by atoms with Crippen molar-refractivity contribution in [3.63, 3.8) is 0 Å². The van der Waals surface area contributed by atoms with Crippen LogP contribution in [0.15, 0.2) is 30.9 Å². The van der Waals surface area contributed by atoms with Crippen LogP contribution in [0.4, 0.5) is 0 Å². The molecule has 1 aromatic carbocycles. The molecule has 1 nitrogen and oxygen atoms in total. The van der Waals surface area contributed by atoms with E-state index in [-0.39, 0.29) is 5.92 Å². The lowest BCUT2D eigenvalue weighted by Gasteiger charge is -2.15. The van der Waals surface area contributed by atoms with Gasteiger partial charge in [0, 0.05) is 0 Å². The molecule has 0 aromatic heterocycles. The van der Waals surface area contributed by atoms with E-state index in [2.05, 4.69) is 32.6 Å². The summed E-state index contributed by atoms with van der Waals surface area (Å²) in [6, 6.07) is 8.08. The van der Waals surface area contributed by atoms with E-state index in [1.165, 1.54) is 5.56 Å². The third-order valence-electron chi connectivity index (χ3n) is 2.58. The zero-order chi connectivity index (χ0) is 11.3. The zero-order valence-electron chi connectivity index (χ0n) is 9.16. The van der Waals surface area contributed by atoms with Crippen molar-refractivity contribution in [2.75, 3.05) is 0 Å². The second-order valence-corrected chi connectivity index (χ2v) is 3.56. The lowest BCUT2D eigenvalue weighted by Crippen LogP contribution is -2.00. The molecule has 0 saturated heterocycles. The Labute approximate surface area is 92.1 Å². The Morgan fingerprint density at radius 3 is 2.80 bits per heavy atom. The molecule has 0 aliphatic heterocycles. The second kappa shape index (κ2) is 5.36. The predicted octanol–water partition coefficient (Wildman–Crippen LogP) is 3.61. The maximum Gasteiger partial charge on any atom is 0.0994 e. The van der Waals surface area contributed by atoms with Gasteiger partial charge in [-0.05, 0) is 42.9 Å². The van der Waals surface area contributed by atoms with E-state index in [1.807, 2.05) is 18.2 Å². The van der Waals surface area contributed by atoms with Crippen LogP contribution in [0.1, 0.15) is 36.0 Å². The Morgan fingerprint density at radius 1 is 1.53 bits per heavy atom. The summed E-state index contributed by atoms with van der Waals surface area (Å²) in [4.78, 5) is 0. The topological polar surface area (TPSA) is 23.8 Å². The summed E-state index contributed by atoms with van der Waals surface area (Å²) in [5.41, 5.74) is 3.08. The number of allylic oxidation sites excluding steroid dienone is 1. The van der Waals surface area contributed by atoms with Crippen LogP contribution < -0.4 is 0 Å². The molecule has 0 spiro atoms. The number of rotatable bonds is 4. The monoisotopic (exact) mass is 198 g/mol. The van der Waals surface area contributed by atoms with E-state index in [4.69, 9.17) is 5.26 Å². The van der Waals surface area contributed by atoms with Gasteiger partial charge >= 0.3 is 0 Å². The Morgan fingerprint density at radius 2 is 2.27 bits per heavy atom. The minimum absolute atomic E-state index is 0.200. The van der Waals surface area contributed by atoms with Crippen LogP contribution in [0.3, 0.4) is 0 Å². The summed E-state index contributed by atoms with van der Waals surface area (Å²) in [6.07, 6.45) is 3.60. The van der Waals surface area contributed by atoms with E-state index in [0.29, 0.717) is 0 Å². The van der Waals surface area contributed by atoms with Gasteiger partial charge in [0.25, 0.3) is 0 Å². The number of hydrogen-bond donors (Lipinski definition) is 0. The lowest BCUT2D eigenvalue weighted by molar-refractivity contribution is 0.840. The van der Waals surface area contributed by atoms with Gasteiger partial charge in [-0.2, -0.15) is 5.26 Å². The standard InChI is InChI=1S/C14H16N/c1-4-7-11(3)14-9-6-8-12(10-15)13(14)5-2/h4,6,8-9,11H,1,3,5,7H2,2H3. The van der Waals surface area contributed by atoms with Crippen molar-refractivity contribution in [2.45, 2.75) is 25.7 Å². The highest BCUT2D eigenvalue weighted by Gasteiger charge is 2.11. The maximum absolute atomic E-state index is 9.00. The molecule has 0 N–H and O–H groups in total. The van der Waals surface area contributed by atoms with Crippen molar-refractivity contribution in [1.82, 2.24) is 0 Å². The summed E-state index contributed by atoms with van der Waals surface area (Å²) in [5.74, 6) is 0.200. The van der Waals surface area contributed by atoms with Crippen LogP contribution in [0, 0.1) is 18.3 Å². The van der Waals surface area contributed by atoms with Crippen LogP contribution in [0.25, 0.3) is 0 Å². The van der Waals surface area contributed by atoms with E-state index in [9.17, 15) is 0 Å². The molecule has 0 saturated carbocycles. The number of nitriles is 1. The van der Waals surface area contributed by atoms with E-state index in [0.717, 1.165) is 24.0 Å². The fourth-order valence-electron chi connectivity index (χ4n) is 1.81. The van der Waals surface area contributed by atoms with Crippen LogP contribution in [0.5, 0.6) is 0 Å². The molecule has 1 atom stereocenters. The molecule has 1 unspecified atom stereocenters. The molecule has 0 heterocycles. The van der Waals surface area contributed by atoms with Gasteiger partial charge in [-0.1, -0.05) is 25.1 Å². The Hall–Kier alpha value is -1.55. The summed E-state index contributed by atoms with van der Waals surface area (Å²) in [5, 5.41) is 9.00. The molecular weight excluding hydrogens is 182 g/mol. The number of benzene rings is 1. The molecule has 1 heteroatoms. The average molecular weight is 198 g/mol. The zero-order valence-corrected chi connectivity index (χ0v) is 9.16. The van der Waals surface area contributed by atoms with Gasteiger partial charge in [0.2, 0.25) is 0 Å². The SMILES string of the molecule is [CH2]C(CC=C)c1cccc(C#N)c1CC. The Balaban J connectivity index is 3.17. The highest BCUT2D eigenvalue weighted by atomic mass is 14.3. The van der Waals surface area contributed by atoms with Gasteiger partial charge in [0.15, 0.2) is 0 Å². The number of hydrogen-bond acceptors (Lipinski definition) is 1. The molecule has 0 aliphatic rings. The summed E-state index contributed by atoms with van der Waals surface area (Å²) >= 11 is 0. The summed E-state index contributed by atoms with van der Waals surface area (Å²) in [7, 11) is 0. The first kappa shape index (κ1) is 11.5. The Bertz CT molecular complexity index is 385. The molecule has 0 fully saturated rings. The van der Waals surface area contributed by atoms with Crippen LogP contribution in [-0.2, 0) is 6.42 Å². The molecule has 1 radical (unpaired) electrons. The number of nitrogens with zero attached hydrogens (tertiary/aromatic N) is 1. The minimum Gasteiger partial charge on any atom is -0.192 e. The fourth-order valence-corrected chi connectivity index (χ4v) is 1.81. The molecule has 15 heavy (non-hydrogen) atoms. The highest BCUT2D eigenvalue weighted by Crippen LogP contribution is 2.25. The molecular formula is C14H16N. The molecule has 0 amide bonds. The third kappa shape index (κ3) is 2.47. The highest BCUT2D eigenvalue weighted by molar-refractivity contribution is 5.44. The molecule has 77 valence electrons. The van der Waals surface area contributed by atoms with Crippen molar-refractivity contribution in [3.8, 4) is 6.07 Å². The van der Waals surface area contributed by atoms with Gasteiger partial charge in [-0.3, -0.25) is 0 Å². The van der Waals surface area contributed by atoms with Crippen molar-refractivity contribution in [1.29, 1.82) is 5.26 Å². The molecule has 0 aliphatic carbocycles. The average Bonchev–Trinajstić information content (AvgIpc) is 2.28. The maximum atomic E-state index is 9.00. The fraction of sp³-hybridized carbons (Fsp3) is 0.286. The third-order valence-corrected chi connectivity index (χ3v) is 2.58. The van der Waals surface area contributed by atoms with Crippen molar-refractivity contribution in [3.05, 3.63) is 54.5 Å².